The highest BCUT2D eigenvalue weighted by atomic mass is 16.5. The Kier molecular flexibility index (Phi) is 3.40. The molecule has 0 amide bonds. The maximum atomic E-state index is 5.84. The van der Waals surface area contributed by atoms with Gasteiger partial charge in [-0.25, -0.2) is 0 Å². The Morgan fingerprint density at radius 2 is 2.12 bits per heavy atom. The zero-order valence-electron chi connectivity index (χ0n) is 10.9. The Balaban J connectivity index is 2.44. The molecular weight excluding hydrogens is 212 g/mol. The highest BCUT2D eigenvalue weighted by molar-refractivity contribution is 5.45. The molecular formula is C14H22N2O. The summed E-state index contributed by atoms with van der Waals surface area (Å²) in [6.45, 7) is 7.35. The molecule has 0 spiro atoms. The van der Waals surface area contributed by atoms with E-state index < -0.39 is 0 Å². The maximum absolute atomic E-state index is 5.84. The van der Waals surface area contributed by atoms with Crippen LogP contribution in [0.4, 0.5) is 0 Å². The Morgan fingerprint density at radius 3 is 2.76 bits per heavy atom. The zero-order valence-corrected chi connectivity index (χ0v) is 10.9. The zero-order chi connectivity index (χ0) is 12.5. The van der Waals surface area contributed by atoms with Gasteiger partial charge in [0.15, 0.2) is 0 Å². The Labute approximate surface area is 103 Å². The summed E-state index contributed by atoms with van der Waals surface area (Å²) in [7, 11) is 0. The van der Waals surface area contributed by atoms with Gasteiger partial charge in [-0.15, -0.1) is 0 Å². The van der Waals surface area contributed by atoms with Crippen LogP contribution in [0.3, 0.4) is 0 Å². The molecule has 0 saturated heterocycles. The minimum absolute atomic E-state index is 0.0602. The topological polar surface area (TPSA) is 47.3 Å². The summed E-state index contributed by atoms with van der Waals surface area (Å²) in [6, 6.07) is 6.46. The molecule has 2 rings (SSSR count). The van der Waals surface area contributed by atoms with Gasteiger partial charge in [-0.1, -0.05) is 39.0 Å². The summed E-state index contributed by atoms with van der Waals surface area (Å²) in [6.07, 6.45) is 2.21. The SMILES string of the molecule is CC(C)(C)C(NN)c1cccc2c1OCCC2. The molecule has 3 nitrogen and oxygen atoms in total. The number of hydrogen-bond acceptors (Lipinski definition) is 3. The maximum Gasteiger partial charge on any atom is 0.127 e. The third-order valence-corrected chi connectivity index (χ3v) is 3.31. The van der Waals surface area contributed by atoms with E-state index in [1.54, 1.807) is 0 Å². The van der Waals surface area contributed by atoms with Crippen molar-refractivity contribution in [2.24, 2.45) is 11.3 Å². The molecule has 1 aliphatic heterocycles. The largest absolute Gasteiger partial charge is 0.493 e. The lowest BCUT2D eigenvalue weighted by Crippen LogP contribution is -2.37. The molecule has 1 atom stereocenters. The Bertz CT molecular complexity index is 396. The fraction of sp³-hybridized carbons (Fsp3) is 0.571. The molecule has 17 heavy (non-hydrogen) atoms. The van der Waals surface area contributed by atoms with Crippen LogP contribution in [0.1, 0.15) is 44.4 Å². The number of fused-ring (bicyclic) bond motifs is 1. The molecule has 1 aromatic carbocycles. The number of benzene rings is 1. The van der Waals surface area contributed by atoms with Gasteiger partial charge in [-0.05, 0) is 23.8 Å². The van der Waals surface area contributed by atoms with Crippen LogP contribution in [0.5, 0.6) is 5.75 Å². The quantitative estimate of drug-likeness (QED) is 0.610. The van der Waals surface area contributed by atoms with E-state index in [1.165, 1.54) is 11.1 Å². The minimum Gasteiger partial charge on any atom is -0.493 e. The lowest BCUT2D eigenvalue weighted by atomic mass is 9.81. The fourth-order valence-electron chi connectivity index (χ4n) is 2.45. The third-order valence-electron chi connectivity index (χ3n) is 3.31. The normalized spacial score (nSPS) is 17.2. The molecule has 1 unspecified atom stereocenters. The van der Waals surface area contributed by atoms with Crippen LogP contribution >= 0.6 is 0 Å². The van der Waals surface area contributed by atoms with Crippen LogP contribution < -0.4 is 16.0 Å². The Morgan fingerprint density at radius 1 is 1.35 bits per heavy atom. The monoisotopic (exact) mass is 234 g/mol. The van der Waals surface area contributed by atoms with E-state index in [-0.39, 0.29) is 11.5 Å². The van der Waals surface area contributed by atoms with Gasteiger partial charge in [-0.2, -0.15) is 0 Å². The summed E-state index contributed by atoms with van der Waals surface area (Å²) < 4.78 is 5.84. The molecule has 0 aliphatic carbocycles. The molecule has 1 aromatic rings. The molecule has 0 radical (unpaired) electrons. The third kappa shape index (κ3) is 2.45. The number of ether oxygens (including phenoxy) is 1. The lowest BCUT2D eigenvalue weighted by Gasteiger charge is -2.33. The molecule has 0 fully saturated rings. The number of aryl methyl sites for hydroxylation is 1. The first-order valence-electron chi connectivity index (χ1n) is 6.25. The van der Waals surface area contributed by atoms with E-state index in [1.807, 2.05) is 0 Å². The van der Waals surface area contributed by atoms with E-state index in [0.717, 1.165) is 25.2 Å². The fourth-order valence-corrected chi connectivity index (χ4v) is 2.45. The van der Waals surface area contributed by atoms with Crippen molar-refractivity contribution in [3.8, 4) is 5.75 Å². The van der Waals surface area contributed by atoms with Crippen LogP contribution in [0, 0.1) is 5.41 Å². The summed E-state index contributed by atoms with van der Waals surface area (Å²) >= 11 is 0. The van der Waals surface area contributed by atoms with Gasteiger partial charge in [0, 0.05) is 5.56 Å². The van der Waals surface area contributed by atoms with Gasteiger partial charge in [-0.3, -0.25) is 11.3 Å². The second-order valence-electron chi connectivity index (χ2n) is 5.75. The summed E-state index contributed by atoms with van der Waals surface area (Å²) in [5.74, 6) is 6.76. The average Bonchev–Trinajstić information content (AvgIpc) is 2.28. The van der Waals surface area contributed by atoms with Crippen molar-refractivity contribution in [1.82, 2.24) is 5.43 Å². The molecule has 0 aromatic heterocycles. The second kappa shape index (κ2) is 4.67. The number of para-hydroxylation sites is 1. The van der Waals surface area contributed by atoms with Crippen molar-refractivity contribution in [3.05, 3.63) is 29.3 Å². The van der Waals surface area contributed by atoms with Crippen LogP contribution in [0.25, 0.3) is 0 Å². The number of hydrogen-bond donors (Lipinski definition) is 2. The van der Waals surface area contributed by atoms with Crippen molar-refractivity contribution in [1.29, 1.82) is 0 Å². The van der Waals surface area contributed by atoms with Gasteiger partial charge < -0.3 is 4.74 Å². The standard InChI is InChI=1S/C14H22N2O/c1-14(2,3)13(16-15)11-8-4-6-10-7-5-9-17-12(10)11/h4,6,8,13,16H,5,7,9,15H2,1-3H3. The highest BCUT2D eigenvalue weighted by Gasteiger charge is 2.29. The molecule has 1 heterocycles. The van der Waals surface area contributed by atoms with Gasteiger partial charge >= 0.3 is 0 Å². The predicted octanol–water partition coefficient (Wildman–Crippen LogP) is 2.56. The van der Waals surface area contributed by atoms with E-state index in [4.69, 9.17) is 10.6 Å². The highest BCUT2D eigenvalue weighted by Crippen LogP contribution is 2.39. The van der Waals surface area contributed by atoms with Gasteiger partial charge in [0.25, 0.3) is 0 Å². The van der Waals surface area contributed by atoms with Gasteiger partial charge in [0.2, 0.25) is 0 Å². The van der Waals surface area contributed by atoms with Crippen molar-refractivity contribution < 1.29 is 4.74 Å². The first kappa shape index (κ1) is 12.4. The van der Waals surface area contributed by atoms with E-state index in [9.17, 15) is 0 Å². The van der Waals surface area contributed by atoms with E-state index in [2.05, 4.69) is 44.4 Å². The minimum atomic E-state index is 0.0602. The van der Waals surface area contributed by atoms with Crippen LogP contribution in [-0.4, -0.2) is 6.61 Å². The average molecular weight is 234 g/mol. The number of nitrogens with one attached hydrogen (secondary N) is 1. The number of hydrazine groups is 1. The molecule has 94 valence electrons. The summed E-state index contributed by atoms with van der Waals surface area (Å²) in [5.41, 5.74) is 5.47. The summed E-state index contributed by atoms with van der Waals surface area (Å²) in [5, 5.41) is 0. The van der Waals surface area contributed by atoms with Gasteiger partial charge in [0.05, 0.1) is 12.6 Å². The van der Waals surface area contributed by atoms with Crippen molar-refractivity contribution in [3.63, 3.8) is 0 Å². The lowest BCUT2D eigenvalue weighted by molar-refractivity contribution is 0.247. The predicted molar refractivity (Wildman–Crippen MR) is 69.8 cm³/mol. The second-order valence-corrected chi connectivity index (χ2v) is 5.75. The van der Waals surface area contributed by atoms with E-state index in [0.29, 0.717) is 0 Å². The molecule has 0 bridgehead atoms. The van der Waals surface area contributed by atoms with Gasteiger partial charge in [0.1, 0.15) is 5.75 Å². The molecule has 0 saturated carbocycles. The van der Waals surface area contributed by atoms with Crippen molar-refractivity contribution >= 4 is 0 Å². The number of rotatable bonds is 2. The van der Waals surface area contributed by atoms with Crippen LogP contribution in [0.15, 0.2) is 18.2 Å². The first-order chi connectivity index (χ1) is 8.04. The summed E-state index contributed by atoms with van der Waals surface area (Å²) in [4.78, 5) is 0. The van der Waals surface area contributed by atoms with Crippen LogP contribution in [0.2, 0.25) is 0 Å². The number of nitrogens with two attached hydrogens (primary N) is 1. The van der Waals surface area contributed by atoms with Crippen molar-refractivity contribution in [2.45, 2.75) is 39.7 Å². The molecule has 1 aliphatic rings. The van der Waals surface area contributed by atoms with E-state index >= 15 is 0 Å². The smallest absolute Gasteiger partial charge is 0.127 e. The van der Waals surface area contributed by atoms with Crippen molar-refractivity contribution in [2.75, 3.05) is 6.61 Å². The molecule has 3 N–H and O–H groups in total. The molecule has 3 heteroatoms. The Hall–Kier alpha value is -1.06. The first-order valence-corrected chi connectivity index (χ1v) is 6.25. The van der Waals surface area contributed by atoms with Crippen LogP contribution in [-0.2, 0) is 6.42 Å².